The Balaban J connectivity index is 1.95. The second kappa shape index (κ2) is 4.11. The van der Waals surface area contributed by atoms with Gasteiger partial charge in [0, 0.05) is 26.9 Å². The molecule has 3 rings (SSSR count). The van der Waals surface area contributed by atoms with Gasteiger partial charge in [-0.15, -0.1) is 0 Å². The molecule has 9 heteroatoms. The van der Waals surface area contributed by atoms with E-state index in [2.05, 4.69) is 25.6 Å². The van der Waals surface area contributed by atoms with Crippen molar-refractivity contribution in [3.8, 4) is 0 Å². The van der Waals surface area contributed by atoms with Gasteiger partial charge in [0.05, 0.1) is 0 Å². The highest BCUT2D eigenvalue weighted by atomic mass is 16.6. The fraction of sp³-hybridized carbons (Fsp3) is 0.600. The highest BCUT2D eigenvalue weighted by molar-refractivity contribution is 5.78. The molecule has 2 N–H and O–H groups in total. The molecule has 1 aromatic heterocycles. The van der Waals surface area contributed by atoms with Gasteiger partial charge < -0.3 is 20.4 Å². The molecular formula is C10H14N6O3. The highest BCUT2D eigenvalue weighted by Crippen LogP contribution is 2.29. The van der Waals surface area contributed by atoms with Crippen LogP contribution in [0.2, 0.25) is 0 Å². The number of hydrogen-bond acceptors (Lipinski definition) is 7. The maximum atomic E-state index is 11.7. The van der Waals surface area contributed by atoms with Crippen LogP contribution in [0, 0.1) is 0 Å². The zero-order valence-corrected chi connectivity index (χ0v) is 10.6. The van der Waals surface area contributed by atoms with E-state index in [-0.39, 0.29) is 24.1 Å². The highest BCUT2D eigenvalue weighted by Gasteiger charge is 2.43. The molecule has 19 heavy (non-hydrogen) atoms. The van der Waals surface area contributed by atoms with E-state index in [0.29, 0.717) is 24.7 Å². The average Bonchev–Trinajstić information content (AvgIpc) is 2.81. The van der Waals surface area contributed by atoms with Gasteiger partial charge in [-0.05, 0) is 10.3 Å². The number of nitrogens with one attached hydrogen (secondary N) is 2. The molecule has 3 heterocycles. The monoisotopic (exact) mass is 266 g/mol. The van der Waals surface area contributed by atoms with Crippen molar-refractivity contribution in [1.82, 2.24) is 20.1 Å². The number of hydrogen-bond donors (Lipinski definition) is 2. The van der Waals surface area contributed by atoms with Crippen molar-refractivity contribution < 1.29 is 14.2 Å². The maximum absolute atomic E-state index is 11.7. The second-order valence-electron chi connectivity index (χ2n) is 4.56. The maximum Gasteiger partial charge on any atom is 0.221 e. The normalized spacial score (nSPS) is 24.9. The van der Waals surface area contributed by atoms with Gasteiger partial charge >= 0.3 is 0 Å². The Labute approximate surface area is 108 Å². The summed E-state index contributed by atoms with van der Waals surface area (Å²) in [5.41, 5.74) is 0. The fourth-order valence-corrected chi connectivity index (χ4v) is 2.51. The van der Waals surface area contributed by atoms with Crippen molar-refractivity contribution in [2.45, 2.75) is 26.2 Å². The molecule has 0 bridgehead atoms. The summed E-state index contributed by atoms with van der Waals surface area (Å²) in [4.78, 5) is 26.7. The van der Waals surface area contributed by atoms with Gasteiger partial charge in [0.2, 0.25) is 23.5 Å². The van der Waals surface area contributed by atoms with E-state index in [1.165, 1.54) is 13.8 Å². The number of piperazine rings is 1. The van der Waals surface area contributed by atoms with Crippen molar-refractivity contribution in [3.63, 3.8) is 0 Å². The first-order valence-corrected chi connectivity index (χ1v) is 5.98. The van der Waals surface area contributed by atoms with Gasteiger partial charge in [-0.2, -0.15) is 0 Å². The third-order valence-electron chi connectivity index (χ3n) is 3.42. The van der Waals surface area contributed by atoms with Gasteiger partial charge in [0.15, 0.2) is 0 Å². The van der Waals surface area contributed by atoms with Crippen LogP contribution in [0.25, 0.3) is 0 Å². The number of carbonyl (C=O) groups is 2. The molecule has 2 aliphatic rings. The molecule has 0 aromatic carbocycles. The first kappa shape index (κ1) is 11.8. The van der Waals surface area contributed by atoms with Crippen molar-refractivity contribution >= 4 is 23.5 Å². The van der Waals surface area contributed by atoms with Crippen LogP contribution in [-0.4, -0.2) is 57.3 Å². The summed E-state index contributed by atoms with van der Waals surface area (Å²) in [6.45, 7) is 3.95. The molecule has 9 nitrogen and oxygen atoms in total. The molecule has 2 unspecified atom stereocenters. The van der Waals surface area contributed by atoms with E-state index in [9.17, 15) is 9.59 Å². The lowest BCUT2D eigenvalue weighted by Crippen LogP contribution is -2.68. The Kier molecular flexibility index (Phi) is 2.54. The lowest BCUT2D eigenvalue weighted by atomic mass is 10.1. The average molecular weight is 266 g/mol. The van der Waals surface area contributed by atoms with Gasteiger partial charge in [-0.25, -0.2) is 4.63 Å². The van der Waals surface area contributed by atoms with E-state index in [0.717, 1.165) is 0 Å². The Morgan fingerprint density at radius 2 is 1.47 bits per heavy atom. The smallest absolute Gasteiger partial charge is 0.221 e. The molecular weight excluding hydrogens is 252 g/mol. The second-order valence-corrected chi connectivity index (χ2v) is 4.56. The minimum Gasteiger partial charge on any atom is -0.341 e. The lowest BCUT2D eigenvalue weighted by Gasteiger charge is -2.48. The number of rotatable bonds is 0. The zero-order chi connectivity index (χ0) is 13.6. The van der Waals surface area contributed by atoms with Crippen molar-refractivity contribution in [2.24, 2.45) is 0 Å². The van der Waals surface area contributed by atoms with E-state index in [4.69, 9.17) is 0 Å². The van der Waals surface area contributed by atoms with E-state index >= 15 is 0 Å². The number of fused-ring (bicyclic) bond motifs is 2. The molecule has 2 aliphatic heterocycles. The SMILES string of the molecule is CC(=O)N1CCN(C(C)=O)C2Nc3nonc3NC21. The third-order valence-corrected chi connectivity index (χ3v) is 3.42. The van der Waals surface area contributed by atoms with Crippen molar-refractivity contribution in [2.75, 3.05) is 23.7 Å². The topological polar surface area (TPSA) is 104 Å². The number of aromatic nitrogens is 2. The van der Waals surface area contributed by atoms with Crippen LogP contribution in [-0.2, 0) is 9.59 Å². The van der Waals surface area contributed by atoms with Crippen LogP contribution >= 0.6 is 0 Å². The summed E-state index contributed by atoms with van der Waals surface area (Å²) in [6.07, 6.45) is -0.760. The van der Waals surface area contributed by atoms with Crippen LogP contribution in [0.15, 0.2) is 4.63 Å². The van der Waals surface area contributed by atoms with Gasteiger partial charge in [0.25, 0.3) is 0 Å². The van der Waals surface area contributed by atoms with E-state index < -0.39 is 0 Å². The molecule has 102 valence electrons. The molecule has 2 atom stereocenters. The predicted octanol–water partition coefficient (Wildman–Crippen LogP) is -0.730. The summed E-state index contributed by atoms with van der Waals surface area (Å²) >= 11 is 0. The molecule has 1 saturated heterocycles. The number of carbonyl (C=O) groups excluding carboxylic acids is 2. The Morgan fingerprint density at radius 3 is 1.84 bits per heavy atom. The van der Waals surface area contributed by atoms with Crippen LogP contribution < -0.4 is 10.6 Å². The summed E-state index contributed by atoms with van der Waals surface area (Å²) in [6, 6.07) is 0. The Morgan fingerprint density at radius 1 is 1.05 bits per heavy atom. The summed E-state index contributed by atoms with van der Waals surface area (Å²) in [7, 11) is 0. The molecule has 0 aliphatic carbocycles. The van der Waals surface area contributed by atoms with Crippen LogP contribution in [0.1, 0.15) is 13.8 Å². The largest absolute Gasteiger partial charge is 0.341 e. The van der Waals surface area contributed by atoms with Crippen molar-refractivity contribution in [1.29, 1.82) is 0 Å². The number of amides is 2. The minimum absolute atomic E-state index is 0.0626. The fourth-order valence-electron chi connectivity index (χ4n) is 2.51. The van der Waals surface area contributed by atoms with E-state index in [1.54, 1.807) is 9.80 Å². The van der Waals surface area contributed by atoms with Gasteiger partial charge in [0.1, 0.15) is 12.3 Å². The van der Waals surface area contributed by atoms with Crippen LogP contribution in [0.5, 0.6) is 0 Å². The molecule has 2 amide bonds. The molecule has 0 radical (unpaired) electrons. The third kappa shape index (κ3) is 1.77. The molecule has 0 saturated carbocycles. The summed E-state index contributed by atoms with van der Waals surface area (Å²) in [5.74, 6) is 0.760. The van der Waals surface area contributed by atoms with Crippen LogP contribution in [0.4, 0.5) is 11.6 Å². The first-order chi connectivity index (χ1) is 9.08. The lowest BCUT2D eigenvalue weighted by molar-refractivity contribution is -0.143. The standard InChI is InChI=1S/C10H14N6O3/c1-5(17)15-3-4-16(6(2)18)10-9(15)11-7-8(12-10)14-19-13-7/h9-10H,3-4H2,1-2H3,(H,11,13)(H,12,14). The Bertz CT molecular complexity index is 485. The number of anilines is 2. The van der Waals surface area contributed by atoms with Crippen molar-refractivity contribution in [3.05, 3.63) is 0 Å². The predicted molar refractivity (Wildman–Crippen MR) is 63.9 cm³/mol. The van der Waals surface area contributed by atoms with E-state index in [1.807, 2.05) is 0 Å². The minimum atomic E-state index is -0.380. The number of nitrogens with zero attached hydrogens (tertiary/aromatic N) is 4. The molecule has 0 spiro atoms. The van der Waals surface area contributed by atoms with Gasteiger partial charge in [-0.1, -0.05) is 0 Å². The quantitative estimate of drug-likeness (QED) is 0.638. The summed E-state index contributed by atoms with van der Waals surface area (Å²) < 4.78 is 4.63. The van der Waals surface area contributed by atoms with Crippen LogP contribution in [0.3, 0.4) is 0 Å². The summed E-state index contributed by atoms with van der Waals surface area (Å²) in [5, 5.41) is 13.6. The molecule has 1 fully saturated rings. The van der Waals surface area contributed by atoms with Gasteiger partial charge in [-0.3, -0.25) is 9.59 Å². The first-order valence-electron chi connectivity index (χ1n) is 5.98. The molecule has 1 aromatic rings. The Hall–Kier alpha value is -2.32. The zero-order valence-electron chi connectivity index (χ0n) is 10.6.